The average molecular weight is 314 g/mol. The number of aromatic nitrogens is 2. The molecule has 1 aromatic carbocycles. The highest BCUT2D eigenvalue weighted by Gasteiger charge is 2.22. The summed E-state index contributed by atoms with van der Waals surface area (Å²) in [6, 6.07) is 5.71. The first-order valence-electron chi connectivity index (χ1n) is 8.45. The van der Waals surface area contributed by atoms with Gasteiger partial charge in [-0.15, -0.1) is 0 Å². The summed E-state index contributed by atoms with van der Waals surface area (Å²) in [6.45, 7) is 1.72. The number of piperidine rings is 1. The number of carbonyl (C=O) groups excluding carboxylic acids is 1. The number of nitrogens with zero attached hydrogens (tertiary/aromatic N) is 1. The van der Waals surface area contributed by atoms with Crippen LogP contribution in [-0.4, -0.2) is 35.1 Å². The van der Waals surface area contributed by atoms with Crippen molar-refractivity contribution in [3.05, 3.63) is 24.0 Å². The van der Waals surface area contributed by atoms with Gasteiger partial charge in [-0.05, 0) is 50.4 Å². The van der Waals surface area contributed by atoms with Crippen LogP contribution in [-0.2, 0) is 9.53 Å². The molecule has 0 saturated carbocycles. The summed E-state index contributed by atoms with van der Waals surface area (Å²) in [5.74, 6) is 0.929. The molecule has 6 nitrogen and oxygen atoms in total. The summed E-state index contributed by atoms with van der Waals surface area (Å²) in [5.41, 5.74) is 2.65. The zero-order valence-corrected chi connectivity index (χ0v) is 13.1. The smallest absolute Gasteiger partial charge is 0.241 e. The van der Waals surface area contributed by atoms with Gasteiger partial charge in [0.15, 0.2) is 0 Å². The van der Waals surface area contributed by atoms with Gasteiger partial charge >= 0.3 is 0 Å². The molecule has 1 aromatic heterocycles. The zero-order valence-electron chi connectivity index (χ0n) is 13.1. The van der Waals surface area contributed by atoms with Gasteiger partial charge in [-0.3, -0.25) is 4.79 Å². The Balaban J connectivity index is 1.50. The van der Waals surface area contributed by atoms with Crippen LogP contribution in [0.4, 0.5) is 5.69 Å². The van der Waals surface area contributed by atoms with Crippen LogP contribution in [0.3, 0.4) is 0 Å². The van der Waals surface area contributed by atoms with Crippen molar-refractivity contribution in [1.29, 1.82) is 0 Å². The highest BCUT2D eigenvalue weighted by Crippen LogP contribution is 2.28. The maximum atomic E-state index is 12.3. The SMILES string of the molecule is O=C(Nc1ccc2nc(C3CCCO3)[nH]c2c1)C1CCCCN1. The molecule has 3 heterocycles. The number of amides is 1. The zero-order chi connectivity index (χ0) is 15.6. The van der Waals surface area contributed by atoms with Gasteiger partial charge in [-0.2, -0.15) is 0 Å². The quantitative estimate of drug-likeness (QED) is 0.813. The van der Waals surface area contributed by atoms with E-state index in [0.29, 0.717) is 0 Å². The van der Waals surface area contributed by atoms with E-state index in [0.717, 1.165) is 67.8 Å². The molecule has 122 valence electrons. The number of ether oxygens (including phenoxy) is 1. The van der Waals surface area contributed by atoms with E-state index in [-0.39, 0.29) is 18.1 Å². The van der Waals surface area contributed by atoms with Crippen LogP contribution in [0.2, 0.25) is 0 Å². The van der Waals surface area contributed by atoms with Crippen LogP contribution in [0.25, 0.3) is 11.0 Å². The molecule has 1 amide bonds. The van der Waals surface area contributed by atoms with Crippen LogP contribution in [0.5, 0.6) is 0 Å². The summed E-state index contributed by atoms with van der Waals surface area (Å²) < 4.78 is 5.67. The minimum absolute atomic E-state index is 0.0444. The molecule has 0 radical (unpaired) electrons. The fourth-order valence-electron chi connectivity index (χ4n) is 3.36. The molecule has 2 aliphatic heterocycles. The van der Waals surface area contributed by atoms with Crippen molar-refractivity contribution in [2.24, 2.45) is 0 Å². The van der Waals surface area contributed by atoms with E-state index in [1.807, 2.05) is 18.2 Å². The Kier molecular flexibility index (Phi) is 4.01. The van der Waals surface area contributed by atoms with Crippen LogP contribution in [0.15, 0.2) is 18.2 Å². The number of carbonyl (C=O) groups is 1. The van der Waals surface area contributed by atoms with Crippen molar-refractivity contribution in [3.8, 4) is 0 Å². The number of rotatable bonds is 3. The molecule has 23 heavy (non-hydrogen) atoms. The Morgan fingerprint density at radius 3 is 3.00 bits per heavy atom. The number of benzene rings is 1. The number of hydrogen-bond acceptors (Lipinski definition) is 4. The largest absolute Gasteiger partial charge is 0.370 e. The number of nitrogens with one attached hydrogen (secondary N) is 3. The van der Waals surface area contributed by atoms with Gasteiger partial charge < -0.3 is 20.4 Å². The number of imidazole rings is 1. The van der Waals surface area contributed by atoms with Crippen LogP contribution in [0, 0.1) is 0 Å². The first kappa shape index (κ1) is 14.7. The molecule has 2 aromatic rings. The van der Waals surface area contributed by atoms with E-state index in [4.69, 9.17) is 4.74 Å². The summed E-state index contributed by atoms with van der Waals surface area (Å²) >= 11 is 0. The van der Waals surface area contributed by atoms with Crippen molar-refractivity contribution in [2.75, 3.05) is 18.5 Å². The molecule has 4 rings (SSSR count). The van der Waals surface area contributed by atoms with Crippen molar-refractivity contribution >= 4 is 22.6 Å². The van der Waals surface area contributed by atoms with Gasteiger partial charge in [0.05, 0.1) is 17.1 Å². The number of aromatic amines is 1. The lowest BCUT2D eigenvalue weighted by Crippen LogP contribution is -2.43. The van der Waals surface area contributed by atoms with Crippen LogP contribution in [0.1, 0.15) is 44.0 Å². The highest BCUT2D eigenvalue weighted by molar-refractivity contribution is 5.96. The lowest BCUT2D eigenvalue weighted by Gasteiger charge is -2.22. The average Bonchev–Trinajstić information content (AvgIpc) is 3.24. The molecular weight excluding hydrogens is 292 g/mol. The fraction of sp³-hybridized carbons (Fsp3) is 0.529. The van der Waals surface area contributed by atoms with Crippen molar-refractivity contribution < 1.29 is 9.53 Å². The van der Waals surface area contributed by atoms with Gasteiger partial charge in [0, 0.05) is 12.3 Å². The van der Waals surface area contributed by atoms with Crippen molar-refractivity contribution in [1.82, 2.24) is 15.3 Å². The number of anilines is 1. The monoisotopic (exact) mass is 314 g/mol. The third-order valence-electron chi connectivity index (χ3n) is 4.63. The van der Waals surface area contributed by atoms with E-state index >= 15 is 0 Å². The Morgan fingerprint density at radius 1 is 1.26 bits per heavy atom. The molecule has 2 unspecified atom stereocenters. The van der Waals surface area contributed by atoms with Gasteiger partial charge in [0.25, 0.3) is 0 Å². The summed E-state index contributed by atoms with van der Waals surface area (Å²) in [6.07, 6.45) is 5.33. The van der Waals surface area contributed by atoms with E-state index in [2.05, 4.69) is 20.6 Å². The van der Waals surface area contributed by atoms with Gasteiger partial charge in [-0.1, -0.05) is 6.42 Å². The first-order valence-corrected chi connectivity index (χ1v) is 8.45. The first-order chi connectivity index (χ1) is 11.3. The number of hydrogen-bond donors (Lipinski definition) is 3. The van der Waals surface area contributed by atoms with E-state index < -0.39 is 0 Å². The van der Waals surface area contributed by atoms with Gasteiger partial charge in [-0.25, -0.2) is 4.98 Å². The van der Waals surface area contributed by atoms with E-state index in [9.17, 15) is 4.79 Å². The maximum absolute atomic E-state index is 12.3. The minimum atomic E-state index is -0.0799. The Bertz CT molecular complexity index is 700. The Morgan fingerprint density at radius 2 is 2.22 bits per heavy atom. The van der Waals surface area contributed by atoms with Crippen molar-refractivity contribution in [3.63, 3.8) is 0 Å². The summed E-state index contributed by atoms with van der Waals surface area (Å²) in [5, 5.41) is 6.27. The summed E-state index contributed by atoms with van der Waals surface area (Å²) in [7, 11) is 0. The fourth-order valence-corrected chi connectivity index (χ4v) is 3.36. The van der Waals surface area contributed by atoms with Crippen LogP contribution < -0.4 is 10.6 Å². The molecule has 2 atom stereocenters. The van der Waals surface area contributed by atoms with Crippen LogP contribution >= 0.6 is 0 Å². The number of H-pyrrole nitrogens is 1. The van der Waals surface area contributed by atoms with Crippen molar-refractivity contribution in [2.45, 2.75) is 44.2 Å². The summed E-state index contributed by atoms with van der Waals surface area (Å²) in [4.78, 5) is 20.2. The predicted molar refractivity (Wildman–Crippen MR) is 88.3 cm³/mol. The van der Waals surface area contributed by atoms with Gasteiger partial charge in [0.2, 0.25) is 5.91 Å². The topological polar surface area (TPSA) is 79.0 Å². The van der Waals surface area contributed by atoms with Gasteiger partial charge in [0.1, 0.15) is 11.9 Å². The number of fused-ring (bicyclic) bond motifs is 1. The minimum Gasteiger partial charge on any atom is -0.370 e. The molecule has 2 fully saturated rings. The highest BCUT2D eigenvalue weighted by atomic mass is 16.5. The van der Waals surface area contributed by atoms with E-state index in [1.54, 1.807) is 0 Å². The molecular formula is C17H22N4O2. The molecule has 2 aliphatic rings. The molecule has 3 N–H and O–H groups in total. The Hall–Kier alpha value is -1.92. The second kappa shape index (κ2) is 6.29. The predicted octanol–water partition coefficient (Wildman–Crippen LogP) is 2.50. The molecule has 0 spiro atoms. The lowest BCUT2D eigenvalue weighted by atomic mass is 10.0. The Labute approximate surface area is 135 Å². The molecule has 2 saturated heterocycles. The second-order valence-corrected chi connectivity index (χ2v) is 6.35. The molecule has 6 heteroatoms. The third-order valence-corrected chi connectivity index (χ3v) is 4.63. The third kappa shape index (κ3) is 3.09. The standard InChI is InChI=1S/C17H22N4O2/c22-17(13-4-1-2-8-18-13)19-11-6-7-12-14(10-11)21-16(20-12)15-5-3-9-23-15/h6-7,10,13,15,18H,1-5,8-9H2,(H,19,22)(H,20,21). The second-order valence-electron chi connectivity index (χ2n) is 6.35. The molecule has 0 bridgehead atoms. The normalized spacial score (nSPS) is 24.9. The van der Waals surface area contributed by atoms with E-state index in [1.165, 1.54) is 0 Å². The maximum Gasteiger partial charge on any atom is 0.241 e. The lowest BCUT2D eigenvalue weighted by molar-refractivity contribution is -0.118. The molecule has 0 aliphatic carbocycles.